The van der Waals surface area contributed by atoms with Crippen LogP contribution in [0.1, 0.15) is 19.4 Å². The van der Waals surface area contributed by atoms with E-state index in [1.165, 1.54) is 30.3 Å². The fourth-order valence-corrected chi connectivity index (χ4v) is 5.35. The summed E-state index contributed by atoms with van der Waals surface area (Å²) in [6.45, 7) is 3.61. The molecule has 2 aromatic carbocycles. The van der Waals surface area contributed by atoms with Gasteiger partial charge in [-0.2, -0.15) is 0 Å². The van der Waals surface area contributed by atoms with Crippen LogP contribution in [0.3, 0.4) is 0 Å². The third-order valence-electron chi connectivity index (χ3n) is 3.51. The molecule has 0 heterocycles. The summed E-state index contributed by atoms with van der Waals surface area (Å²) in [4.78, 5) is 0.0732. The molecule has 148 valence electrons. The van der Waals surface area contributed by atoms with Crippen LogP contribution in [-0.2, 0) is 26.5 Å². The second-order valence-electron chi connectivity index (χ2n) is 6.14. The van der Waals surface area contributed by atoms with Crippen LogP contribution in [0.5, 0.6) is 0 Å². The lowest BCUT2D eigenvalue weighted by molar-refractivity contribution is 0.569. The average molecular weight is 451 g/mol. The molecule has 0 bridgehead atoms. The van der Waals surface area contributed by atoms with Gasteiger partial charge < -0.3 is 0 Å². The third-order valence-corrected chi connectivity index (χ3v) is 7.37. The average Bonchev–Trinajstić information content (AvgIpc) is 2.56. The van der Waals surface area contributed by atoms with Gasteiger partial charge in [-0.25, -0.2) is 26.3 Å². The highest BCUT2D eigenvalue weighted by atomic mass is 35.5. The van der Waals surface area contributed by atoms with Gasteiger partial charge in [0.25, 0.3) is 0 Å². The molecule has 10 heteroatoms. The molecule has 0 aliphatic carbocycles. The van der Waals surface area contributed by atoms with Crippen molar-refractivity contribution >= 4 is 43.2 Å². The fraction of sp³-hybridized carbons (Fsp3) is 0.294. The first-order valence-electron chi connectivity index (χ1n) is 8.07. The van der Waals surface area contributed by atoms with Crippen LogP contribution in [0.15, 0.2) is 52.3 Å². The van der Waals surface area contributed by atoms with E-state index >= 15 is 0 Å². The van der Waals surface area contributed by atoms with Gasteiger partial charge in [0.05, 0.1) is 9.92 Å². The first-order valence-corrected chi connectivity index (χ1v) is 11.8. The van der Waals surface area contributed by atoms with Crippen molar-refractivity contribution in [3.63, 3.8) is 0 Å². The number of nitrogens with one attached hydrogen (secondary N) is 2. The van der Waals surface area contributed by atoms with Crippen molar-refractivity contribution in [2.24, 2.45) is 0 Å². The molecule has 0 radical (unpaired) electrons. The molecule has 2 rings (SSSR count). The SMILES string of the molecule is CC(C)NS(=O)(=O)c1ccc(CCNS(=O)(=O)c2cc(Cl)ccc2Cl)cc1. The molecule has 2 aromatic rings. The van der Waals surface area contributed by atoms with E-state index in [0.29, 0.717) is 6.42 Å². The van der Waals surface area contributed by atoms with Crippen molar-refractivity contribution in [3.05, 3.63) is 58.1 Å². The third kappa shape index (κ3) is 6.17. The van der Waals surface area contributed by atoms with E-state index in [0.717, 1.165) is 5.56 Å². The van der Waals surface area contributed by atoms with Gasteiger partial charge in [-0.15, -0.1) is 0 Å². The van der Waals surface area contributed by atoms with Gasteiger partial charge >= 0.3 is 0 Å². The number of sulfonamides is 2. The maximum atomic E-state index is 12.3. The van der Waals surface area contributed by atoms with E-state index in [1.807, 2.05) is 0 Å². The van der Waals surface area contributed by atoms with Crippen molar-refractivity contribution in [2.75, 3.05) is 6.54 Å². The minimum Gasteiger partial charge on any atom is -0.211 e. The molecule has 0 fully saturated rings. The zero-order chi connectivity index (χ0) is 20.2. The van der Waals surface area contributed by atoms with Gasteiger partial charge in [-0.3, -0.25) is 0 Å². The summed E-state index contributed by atoms with van der Waals surface area (Å²) in [5, 5.41) is 0.352. The lowest BCUT2D eigenvalue weighted by Crippen LogP contribution is -2.30. The van der Waals surface area contributed by atoms with Gasteiger partial charge in [0.15, 0.2) is 0 Å². The van der Waals surface area contributed by atoms with E-state index in [-0.39, 0.29) is 32.4 Å². The summed E-state index contributed by atoms with van der Waals surface area (Å²) in [5.74, 6) is 0. The predicted molar refractivity (Wildman–Crippen MR) is 107 cm³/mol. The summed E-state index contributed by atoms with van der Waals surface area (Å²) in [6.07, 6.45) is 0.384. The molecule has 0 atom stereocenters. The highest BCUT2D eigenvalue weighted by molar-refractivity contribution is 7.89. The van der Waals surface area contributed by atoms with Crippen LogP contribution in [0.25, 0.3) is 0 Å². The van der Waals surface area contributed by atoms with E-state index in [9.17, 15) is 16.8 Å². The number of halogens is 2. The lowest BCUT2D eigenvalue weighted by Gasteiger charge is -2.11. The molecule has 0 unspecified atom stereocenters. The van der Waals surface area contributed by atoms with Gasteiger partial charge in [-0.1, -0.05) is 35.3 Å². The van der Waals surface area contributed by atoms with E-state index in [4.69, 9.17) is 23.2 Å². The van der Waals surface area contributed by atoms with Gasteiger partial charge in [0.1, 0.15) is 4.90 Å². The van der Waals surface area contributed by atoms with Gasteiger partial charge in [-0.05, 0) is 56.2 Å². The van der Waals surface area contributed by atoms with Crippen molar-refractivity contribution in [1.29, 1.82) is 0 Å². The topological polar surface area (TPSA) is 92.3 Å². The Hall–Kier alpha value is -1.16. The van der Waals surface area contributed by atoms with E-state index in [2.05, 4.69) is 9.44 Å². The molecule has 0 aromatic heterocycles. The van der Waals surface area contributed by atoms with Crippen molar-refractivity contribution in [2.45, 2.75) is 36.1 Å². The van der Waals surface area contributed by atoms with Crippen LogP contribution >= 0.6 is 23.2 Å². The maximum Gasteiger partial charge on any atom is 0.242 e. The molecule has 0 spiro atoms. The Morgan fingerprint density at radius 3 is 2.15 bits per heavy atom. The Morgan fingerprint density at radius 1 is 0.926 bits per heavy atom. The minimum atomic E-state index is -3.80. The molecule has 27 heavy (non-hydrogen) atoms. The van der Waals surface area contributed by atoms with Gasteiger partial charge in [0, 0.05) is 17.6 Å². The molecule has 0 aliphatic rings. The first kappa shape index (κ1) is 22.1. The number of hydrogen-bond acceptors (Lipinski definition) is 4. The Labute approximate surface area is 170 Å². The Kier molecular flexibility index (Phi) is 7.29. The van der Waals surface area contributed by atoms with Crippen molar-refractivity contribution < 1.29 is 16.8 Å². The maximum absolute atomic E-state index is 12.3. The monoisotopic (exact) mass is 450 g/mol. The van der Waals surface area contributed by atoms with E-state index in [1.54, 1.807) is 26.0 Å². The first-order chi connectivity index (χ1) is 12.5. The Morgan fingerprint density at radius 2 is 1.56 bits per heavy atom. The van der Waals surface area contributed by atoms with Crippen LogP contribution in [-0.4, -0.2) is 29.4 Å². The quantitative estimate of drug-likeness (QED) is 0.645. The predicted octanol–water partition coefficient (Wildman–Crippen LogP) is 3.20. The molecule has 0 aliphatic heterocycles. The molecule has 2 N–H and O–H groups in total. The molecule has 0 saturated heterocycles. The molecular formula is C17H20Cl2N2O4S2. The highest BCUT2D eigenvalue weighted by Gasteiger charge is 2.18. The highest BCUT2D eigenvalue weighted by Crippen LogP contribution is 2.24. The van der Waals surface area contributed by atoms with Crippen LogP contribution < -0.4 is 9.44 Å². The normalized spacial score (nSPS) is 12.5. The Bertz CT molecular complexity index is 1010. The van der Waals surface area contributed by atoms with Crippen molar-refractivity contribution in [3.8, 4) is 0 Å². The molecule has 6 nitrogen and oxygen atoms in total. The minimum absolute atomic E-state index is 0.0825. The molecular weight excluding hydrogens is 431 g/mol. The largest absolute Gasteiger partial charge is 0.242 e. The van der Waals surface area contributed by atoms with Crippen molar-refractivity contribution in [1.82, 2.24) is 9.44 Å². The second kappa shape index (κ2) is 8.89. The number of rotatable bonds is 8. The van der Waals surface area contributed by atoms with Gasteiger partial charge in [0.2, 0.25) is 20.0 Å². The van der Waals surface area contributed by atoms with Crippen LogP contribution in [0.2, 0.25) is 10.0 Å². The lowest BCUT2D eigenvalue weighted by atomic mass is 10.2. The second-order valence-corrected chi connectivity index (χ2v) is 10.4. The number of benzene rings is 2. The smallest absolute Gasteiger partial charge is 0.211 e. The molecule has 0 saturated carbocycles. The summed E-state index contributed by atoms with van der Waals surface area (Å²) < 4.78 is 53.8. The summed E-state index contributed by atoms with van der Waals surface area (Å²) >= 11 is 11.8. The fourth-order valence-electron chi connectivity index (χ4n) is 2.30. The summed E-state index contributed by atoms with van der Waals surface area (Å²) in [5.41, 5.74) is 0.790. The standard InChI is InChI=1S/C17H20Cl2N2O4S2/c1-12(2)21-26(22,23)15-6-3-13(4-7-15)9-10-20-27(24,25)17-11-14(18)5-8-16(17)19/h3-8,11-12,20-21H,9-10H2,1-2H3. The molecule has 0 amide bonds. The van der Waals surface area contributed by atoms with Crippen LogP contribution in [0.4, 0.5) is 0 Å². The number of hydrogen-bond donors (Lipinski definition) is 2. The Balaban J connectivity index is 2.02. The summed E-state index contributed by atoms with van der Waals surface area (Å²) in [7, 11) is -7.35. The zero-order valence-corrected chi connectivity index (χ0v) is 17.9. The van der Waals surface area contributed by atoms with Crippen LogP contribution in [0, 0.1) is 0 Å². The van der Waals surface area contributed by atoms with E-state index < -0.39 is 20.0 Å². The summed E-state index contributed by atoms with van der Waals surface area (Å²) in [6, 6.07) is 10.3. The zero-order valence-electron chi connectivity index (χ0n) is 14.7.